The summed E-state index contributed by atoms with van der Waals surface area (Å²) in [7, 11) is 1.60. The van der Waals surface area contributed by atoms with E-state index >= 15 is 0 Å². The van der Waals surface area contributed by atoms with Crippen molar-refractivity contribution in [1.29, 1.82) is 0 Å². The van der Waals surface area contributed by atoms with Crippen LogP contribution < -0.4 is 4.74 Å². The van der Waals surface area contributed by atoms with Crippen LogP contribution in [0.4, 0.5) is 0 Å². The van der Waals surface area contributed by atoms with Gasteiger partial charge >= 0.3 is 0 Å². The highest BCUT2D eigenvalue weighted by Crippen LogP contribution is 2.18. The van der Waals surface area contributed by atoms with E-state index in [-0.39, 0.29) is 5.78 Å². The number of carbonyl (C=O) groups is 1. The van der Waals surface area contributed by atoms with Crippen molar-refractivity contribution in [2.45, 2.75) is 0 Å². The van der Waals surface area contributed by atoms with Crippen molar-refractivity contribution < 1.29 is 13.9 Å². The number of furan rings is 1. The molecule has 3 nitrogen and oxygen atoms in total. The molecule has 1 heterocycles. The number of ether oxygens (including phenoxy) is 1. The Hall–Kier alpha value is -2.29. The van der Waals surface area contributed by atoms with Gasteiger partial charge in [0.1, 0.15) is 5.75 Å². The van der Waals surface area contributed by atoms with Crippen molar-refractivity contribution in [2.75, 3.05) is 7.11 Å². The molecule has 0 atom stereocenters. The SMILES string of the molecule is COc1ccccc1C=CC(=O)c1ccco1. The topological polar surface area (TPSA) is 39.4 Å². The first kappa shape index (κ1) is 11.2. The van der Waals surface area contributed by atoms with E-state index in [0.717, 1.165) is 11.3 Å². The quantitative estimate of drug-likeness (QED) is 0.596. The first-order valence-electron chi connectivity index (χ1n) is 5.20. The number of ketones is 1. The smallest absolute Gasteiger partial charge is 0.221 e. The van der Waals surface area contributed by atoms with E-state index in [1.165, 1.54) is 12.3 Å². The minimum atomic E-state index is -0.166. The second-order valence-electron chi connectivity index (χ2n) is 3.42. The average Bonchev–Trinajstić information content (AvgIpc) is 2.90. The Bertz CT molecular complexity index is 524. The van der Waals surface area contributed by atoms with Crippen molar-refractivity contribution in [3.05, 3.63) is 60.1 Å². The molecule has 17 heavy (non-hydrogen) atoms. The maximum atomic E-state index is 11.7. The number of para-hydroxylation sites is 1. The van der Waals surface area contributed by atoms with Crippen molar-refractivity contribution in [3.8, 4) is 5.75 Å². The van der Waals surface area contributed by atoms with E-state index < -0.39 is 0 Å². The van der Waals surface area contributed by atoms with E-state index in [1.807, 2.05) is 24.3 Å². The van der Waals surface area contributed by atoms with E-state index in [0.29, 0.717) is 5.76 Å². The van der Waals surface area contributed by atoms with Gasteiger partial charge < -0.3 is 9.15 Å². The number of hydrogen-bond donors (Lipinski definition) is 0. The molecule has 0 amide bonds. The summed E-state index contributed by atoms with van der Waals surface area (Å²) < 4.78 is 10.2. The number of rotatable bonds is 4. The lowest BCUT2D eigenvalue weighted by atomic mass is 10.1. The number of hydrogen-bond acceptors (Lipinski definition) is 3. The molecule has 0 fully saturated rings. The maximum Gasteiger partial charge on any atom is 0.221 e. The van der Waals surface area contributed by atoms with E-state index in [4.69, 9.17) is 9.15 Å². The standard InChI is InChI=1S/C14H12O3/c1-16-13-6-3-2-5-11(13)8-9-12(15)14-7-4-10-17-14/h2-10H,1H3. The molecule has 3 heteroatoms. The molecule has 1 aromatic carbocycles. The maximum absolute atomic E-state index is 11.7. The molecule has 2 rings (SSSR count). The predicted molar refractivity (Wildman–Crippen MR) is 65.1 cm³/mol. The van der Waals surface area contributed by atoms with Gasteiger partial charge in [-0.25, -0.2) is 0 Å². The zero-order valence-corrected chi connectivity index (χ0v) is 9.42. The Balaban J connectivity index is 2.18. The van der Waals surface area contributed by atoms with Crippen LogP contribution >= 0.6 is 0 Å². The van der Waals surface area contributed by atoms with E-state index in [1.54, 1.807) is 25.3 Å². The predicted octanol–water partition coefficient (Wildman–Crippen LogP) is 3.18. The molecule has 0 radical (unpaired) electrons. The van der Waals surface area contributed by atoms with E-state index in [2.05, 4.69) is 0 Å². The number of allylic oxidation sites excluding steroid dienone is 1. The molecule has 0 saturated carbocycles. The summed E-state index contributed by atoms with van der Waals surface area (Å²) in [5, 5.41) is 0. The van der Waals surface area contributed by atoms with Crippen LogP contribution in [0, 0.1) is 0 Å². The number of methoxy groups -OCH3 is 1. The van der Waals surface area contributed by atoms with E-state index in [9.17, 15) is 4.79 Å². The Kier molecular flexibility index (Phi) is 3.40. The lowest BCUT2D eigenvalue weighted by molar-refractivity contribution is 0.102. The van der Waals surface area contributed by atoms with Crippen molar-refractivity contribution in [2.24, 2.45) is 0 Å². The molecule has 0 spiro atoms. The third-order valence-electron chi connectivity index (χ3n) is 2.32. The lowest BCUT2D eigenvalue weighted by Crippen LogP contribution is -1.91. The van der Waals surface area contributed by atoms with Crippen LogP contribution in [0.3, 0.4) is 0 Å². The largest absolute Gasteiger partial charge is 0.496 e. The Morgan fingerprint density at radius 3 is 2.76 bits per heavy atom. The van der Waals surface area contributed by atoms with Gasteiger partial charge in [0.15, 0.2) is 5.76 Å². The second kappa shape index (κ2) is 5.16. The summed E-state index contributed by atoms with van der Waals surface area (Å²) in [6.45, 7) is 0. The molecule has 0 saturated heterocycles. The number of benzene rings is 1. The van der Waals surface area contributed by atoms with Gasteiger partial charge in [-0.3, -0.25) is 4.79 Å². The van der Waals surface area contributed by atoms with Crippen LogP contribution in [0.2, 0.25) is 0 Å². The van der Waals surface area contributed by atoms with Crippen molar-refractivity contribution in [3.63, 3.8) is 0 Å². The van der Waals surface area contributed by atoms with Crippen molar-refractivity contribution >= 4 is 11.9 Å². The third-order valence-corrected chi connectivity index (χ3v) is 2.32. The monoisotopic (exact) mass is 228 g/mol. The first-order valence-corrected chi connectivity index (χ1v) is 5.20. The summed E-state index contributed by atoms with van der Waals surface area (Å²) in [6.07, 6.45) is 4.66. The summed E-state index contributed by atoms with van der Waals surface area (Å²) in [4.78, 5) is 11.7. The molecule has 86 valence electrons. The molecule has 2 aromatic rings. The van der Waals surface area contributed by atoms with Gasteiger partial charge in [0.25, 0.3) is 0 Å². The first-order chi connectivity index (χ1) is 8.31. The molecular weight excluding hydrogens is 216 g/mol. The molecular formula is C14H12O3. The van der Waals surface area contributed by atoms with Gasteiger partial charge in [-0.15, -0.1) is 0 Å². The molecule has 0 N–H and O–H groups in total. The molecule has 0 aliphatic heterocycles. The Labute approximate surface area is 99.3 Å². The van der Waals surface area contributed by atoms with Crippen LogP contribution in [-0.4, -0.2) is 12.9 Å². The summed E-state index contributed by atoms with van der Waals surface area (Å²) >= 11 is 0. The molecule has 0 aliphatic carbocycles. The highest BCUT2D eigenvalue weighted by Gasteiger charge is 2.04. The zero-order chi connectivity index (χ0) is 12.1. The van der Waals surface area contributed by atoms with Crippen LogP contribution in [0.25, 0.3) is 6.08 Å². The van der Waals surface area contributed by atoms with Crippen LogP contribution in [-0.2, 0) is 0 Å². The number of carbonyl (C=O) groups excluding carboxylic acids is 1. The average molecular weight is 228 g/mol. The summed E-state index contributed by atoms with van der Waals surface area (Å²) in [5.74, 6) is 0.896. The summed E-state index contributed by atoms with van der Waals surface area (Å²) in [6, 6.07) is 10.8. The van der Waals surface area contributed by atoms with Gasteiger partial charge in [-0.1, -0.05) is 18.2 Å². The molecule has 1 aromatic heterocycles. The summed E-state index contributed by atoms with van der Waals surface area (Å²) in [5.41, 5.74) is 0.856. The lowest BCUT2D eigenvalue weighted by Gasteiger charge is -2.02. The second-order valence-corrected chi connectivity index (χ2v) is 3.42. The third kappa shape index (κ3) is 2.64. The van der Waals surface area contributed by atoms with Crippen LogP contribution in [0.5, 0.6) is 5.75 Å². The van der Waals surface area contributed by atoms with Gasteiger partial charge in [-0.05, 0) is 30.4 Å². The molecule has 0 unspecified atom stereocenters. The fraction of sp³-hybridized carbons (Fsp3) is 0.0714. The zero-order valence-electron chi connectivity index (χ0n) is 9.42. The van der Waals surface area contributed by atoms with Gasteiger partial charge in [-0.2, -0.15) is 0 Å². The van der Waals surface area contributed by atoms with Gasteiger partial charge in [0, 0.05) is 5.56 Å². The van der Waals surface area contributed by atoms with Crippen molar-refractivity contribution in [1.82, 2.24) is 0 Å². The molecule has 0 aliphatic rings. The minimum absolute atomic E-state index is 0.166. The Morgan fingerprint density at radius 1 is 1.24 bits per heavy atom. The highest BCUT2D eigenvalue weighted by molar-refractivity contribution is 6.04. The van der Waals surface area contributed by atoms with Gasteiger partial charge in [0.05, 0.1) is 13.4 Å². The molecule has 0 bridgehead atoms. The van der Waals surface area contributed by atoms with Crippen LogP contribution in [0.15, 0.2) is 53.2 Å². The fourth-order valence-corrected chi connectivity index (χ4v) is 1.47. The fourth-order valence-electron chi connectivity index (χ4n) is 1.47. The van der Waals surface area contributed by atoms with Gasteiger partial charge in [0.2, 0.25) is 5.78 Å². The van der Waals surface area contributed by atoms with Crippen LogP contribution in [0.1, 0.15) is 16.1 Å². The normalized spacial score (nSPS) is 10.6. The highest BCUT2D eigenvalue weighted by atomic mass is 16.5. The minimum Gasteiger partial charge on any atom is -0.496 e. The Morgan fingerprint density at radius 2 is 2.06 bits per heavy atom.